The van der Waals surface area contributed by atoms with Crippen molar-refractivity contribution in [3.8, 4) is 0 Å². The first-order chi connectivity index (χ1) is 6.29. The summed E-state index contributed by atoms with van der Waals surface area (Å²) in [7, 11) is 0. The quantitative estimate of drug-likeness (QED) is 0.417. The lowest BCUT2D eigenvalue weighted by molar-refractivity contribution is -0.285. The molecule has 0 aromatic carbocycles. The first-order valence-corrected chi connectivity index (χ1v) is 4.32. The number of aliphatic hydroxyl groups is 3. The molecule has 0 aliphatic heterocycles. The SMILES string of the molecule is CC(C)CC(O)(O)N(CO)CC(=O)O. The zero-order valence-electron chi connectivity index (χ0n) is 8.34. The number of carbonyl (C=O) groups is 1. The minimum absolute atomic E-state index is 0.0205. The topological polar surface area (TPSA) is 101 Å². The van der Waals surface area contributed by atoms with Crippen LogP contribution in [0.4, 0.5) is 0 Å². The molecule has 0 fully saturated rings. The van der Waals surface area contributed by atoms with Crippen LogP contribution in [-0.2, 0) is 4.79 Å². The molecule has 0 amide bonds. The predicted octanol–water partition coefficient (Wildman–Crippen LogP) is -0.993. The average Bonchev–Trinajstić information content (AvgIpc) is 1.96. The van der Waals surface area contributed by atoms with Gasteiger partial charge >= 0.3 is 5.97 Å². The number of aliphatic hydroxyl groups excluding tert-OH is 1. The summed E-state index contributed by atoms with van der Waals surface area (Å²) < 4.78 is 0. The highest BCUT2D eigenvalue weighted by atomic mass is 16.5. The molecule has 84 valence electrons. The first kappa shape index (κ1) is 13.3. The number of rotatable bonds is 6. The highest BCUT2D eigenvalue weighted by Gasteiger charge is 2.33. The smallest absolute Gasteiger partial charge is 0.317 e. The third-order valence-corrected chi connectivity index (χ3v) is 1.69. The van der Waals surface area contributed by atoms with Gasteiger partial charge in [-0.15, -0.1) is 0 Å². The Morgan fingerprint density at radius 2 is 1.93 bits per heavy atom. The molecule has 0 unspecified atom stereocenters. The van der Waals surface area contributed by atoms with Crippen molar-refractivity contribution in [1.29, 1.82) is 0 Å². The van der Waals surface area contributed by atoms with E-state index in [9.17, 15) is 15.0 Å². The molecule has 0 aromatic rings. The van der Waals surface area contributed by atoms with E-state index < -0.39 is 25.2 Å². The summed E-state index contributed by atoms with van der Waals surface area (Å²) in [5.41, 5.74) is 0. The molecule has 0 aliphatic rings. The maximum absolute atomic E-state index is 10.3. The van der Waals surface area contributed by atoms with Gasteiger partial charge in [-0.25, -0.2) is 4.90 Å². The van der Waals surface area contributed by atoms with Crippen molar-refractivity contribution in [2.75, 3.05) is 13.3 Å². The molecule has 0 radical (unpaired) electrons. The van der Waals surface area contributed by atoms with Crippen LogP contribution in [0.15, 0.2) is 0 Å². The lowest BCUT2D eigenvalue weighted by Crippen LogP contribution is -2.52. The van der Waals surface area contributed by atoms with Crippen LogP contribution in [0.25, 0.3) is 0 Å². The summed E-state index contributed by atoms with van der Waals surface area (Å²) in [5, 5.41) is 36.1. The number of nitrogens with zero attached hydrogens (tertiary/aromatic N) is 1. The van der Waals surface area contributed by atoms with E-state index in [2.05, 4.69) is 0 Å². The molecule has 0 atom stereocenters. The van der Waals surface area contributed by atoms with Crippen LogP contribution in [0.3, 0.4) is 0 Å². The van der Waals surface area contributed by atoms with Gasteiger partial charge in [-0.1, -0.05) is 13.8 Å². The second kappa shape index (κ2) is 5.26. The van der Waals surface area contributed by atoms with E-state index in [1.807, 2.05) is 0 Å². The molecule has 0 bridgehead atoms. The summed E-state index contributed by atoms with van der Waals surface area (Å²) in [4.78, 5) is 11.0. The lowest BCUT2D eigenvalue weighted by atomic mass is 10.1. The Morgan fingerprint density at radius 3 is 2.21 bits per heavy atom. The van der Waals surface area contributed by atoms with Gasteiger partial charge in [-0.05, 0) is 5.92 Å². The lowest BCUT2D eigenvalue weighted by Gasteiger charge is -2.33. The van der Waals surface area contributed by atoms with Gasteiger partial charge in [-0.3, -0.25) is 4.79 Å². The van der Waals surface area contributed by atoms with E-state index in [4.69, 9.17) is 10.2 Å². The van der Waals surface area contributed by atoms with Gasteiger partial charge in [0.05, 0.1) is 0 Å². The van der Waals surface area contributed by atoms with Crippen molar-refractivity contribution in [1.82, 2.24) is 4.90 Å². The van der Waals surface area contributed by atoms with Crippen LogP contribution < -0.4 is 0 Å². The van der Waals surface area contributed by atoms with Crippen molar-refractivity contribution in [3.63, 3.8) is 0 Å². The minimum Gasteiger partial charge on any atom is -0.480 e. The van der Waals surface area contributed by atoms with Crippen LogP contribution in [0.2, 0.25) is 0 Å². The maximum Gasteiger partial charge on any atom is 0.317 e. The van der Waals surface area contributed by atoms with Gasteiger partial charge in [0.1, 0.15) is 13.3 Å². The van der Waals surface area contributed by atoms with Crippen LogP contribution >= 0.6 is 0 Å². The van der Waals surface area contributed by atoms with Gasteiger partial charge in [0.15, 0.2) is 0 Å². The fourth-order valence-electron chi connectivity index (χ4n) is 1.13. The number of carboxylic acids is 1. The van der Waals surface area contributed by atoms with Crippen LogP contribution in [0, 0.1) is 5.92 Å². The standard InChI is InChI=1S/C8H17NO5/c1-6(2)3-8(13,14)9(5-10)4-7(11)12/h6,10,13-14H,3-5H2,1-2H3,(H,11,12). The van der Waals surface area contributed by atoms with Crippen molar-refractivity contribution in [3.05, 3.63) is 0 Å². The highest BCUT2D eigenvalue weighted by molar-refractivity contribution is 5.69. The number of hydrogen-bond acceptors (Lipinski definition) is 5. The van der Waals surface area contributed by atoms with Gasteiger partial charge < -0.3 is 20.4 Å². The Bertz CT molecular complexity index is 192. The zero-order valence-corrected chi connectivity index (χ0v) is 8.34. The Labute approximate surface area is 82.4 Å². The monoisotopic (exact) mass is 207 g/mol. The summed E-state index contributed by atoms with van der Waals surface area (Å²) in [6, 6.07) is 0. The predicted molar refractivity (Wildman–Crippen MR) is 48.1 cm³/mol. The van der Waals surface area contributed by atoms with Crippen molar-refractivity contribution < 1.29 is 25.2 Å². The molecule has 0 saturated carbocycles. The Hall–Kier alpha value is -0.690. The summed E-state index contributed by atoms with van der Waals surface area (Å²) in [6.45, 7) is 2.19. The minimum atomic E-state index is -2.28. The fourth-order valence-corrected chi connectivity index (χ4v) is 1.13. The van der Waals surface area contributed by atoms with E-state index in [0.29, 0.717) is 4.90 Å². The second-order valence-corrected chi connectivity index (χ2v) is 3.61. The van der Waals surface area contributed by atoms with Gasteiger partial charge in [0.25, 0.3) is 0 Å². The second-order valence-electron chi connectivity index (χ2n) is 3.61. The van der Waals surface area contributed by atoms with Gasteiger partial charge in [-0.2, -0.15) is 0 Å². The summed E-state index contributed by atoms with van der Waals surface area (Å²) in [6.07, 6.45) is -0.0269. The summed E-state index contributed by atoms with van der Waals surface area (Å²) in [5.74, 6) is -3.52. The van der Waals surface area contributed by atoms with E-state index in [1.54, 1.807) is 13.8 Å². The average molecular weight is 207 g/mol. The van der Waals surface area contributed by atoms with E-state index in [-0.39, 0.29) is 12.3 Å². The van der Waals surface area contributed by atoms with Crippen molar-refractivity contribution in [2.45, 2.75) is 26.2 Å². The first-order valence-electron chi connectivity index (χ1n) is 4.32. The summed E-state index contributed by atoms with van der Waals surface area (Å²) >= 11 is 0. The molecule has 0 aliphatic carbocycles. The molecule has 4 N–H and O–H groups in total. The van der Waals surface area contributed by atoms with E-state index in [1.165, 1.54) is 0 Å². The normalized spacial score (nSPS) is 12.5. The molecule has 0 heterocycles. The highest BCUT2D eigenvalue weighted by Crippen LogP contribution is 2.17. The van der Waals surface area contributed by atoms with E-state index in [0.717, 1.165) is 0 Å². The number of hydrogen-bond donors (Lipinski definition) is 4. The molecular weight excluding hydrogens is 190 g/mol. The van der Waals surface area contributed by atoms with Crippen molar-refractivity contribution >= 4 is 5.97 Å². The fraction of sp³-hybridized carbons (Fsp3) is 0.875. The molecule has 0 aromatic heterocycles. The Kier molecular flexibility index (Phi) is 5.00. The largest absolute Gasteiger partial charge is 0.480 e. The Morgan fingerprint density at radius 1 is 1.43 bits per heavy atom. The molecule has 6 heteroatoms. The molecule has 14 heavy (non-hydrogen) atoms. The molecule has 0 saturated heterocycles. The molecule has 0 rings (SSSR count). The van der Waals surface area contributed by atoms with Crippen LogP contribution in [-0.4, -0.2) is 50.5 Å². The molecular formula is C8H17NO5. The number of carboxylic acid groups (broad SMARTS) is 1. The zero-order chi connectivity index (χ0) is 11.4. The Balaban J connectivity index is 4.39. The third-order valence-electron chi connectivity index (χ3n) is 1.69. The maximum atomic E-state index is 10.3. The molecule has 6 nitrogen and oxygen atoms in total. The van der Waals surface area contributed by atoms with Crippen molar-refractivity contribution in [2.24, 2.45) is 5.92 Å². The van der Waals surface area contributed by atoms with Gasteiger partial charge in [0.2, 0.25) is 5.91 Å². The number of aliphatic carboxylic acids is 1. The van der Waals surface area contributed by atoms with Crippen LogP contribution in [0.1, 0.15) is 20.3 Å². The third kappa shape index (κ3) is 4.52. The van der Waals surface area contributed by atoms with Gasteiger partial charge in [0, 0.05) is 6.42 Å². The van der Waals surface area contributed by atoms with Crippen LogP contribution in [0.5, 0.6) is 0 Å². The van der Waals surface area contributed by atoms with E-state index >= 15 is 0 Å². The molecule has 0 spiro atoms.